The van der Waals surface area contributed by atoms with E-state index in [4.69, 9.17) is 15.0 Å². The normalized spacial score (nSPS) is 21.6. The van der Waals surface area contributed by atoms with Crippen molar-refractivity contribution in [2.45, 2.75) is 51.6 Å². The molecule has 3 aromatic heterocycles. The van der Waals surface area contributed by atoms with Gasteiger partial charge in [0.05, 0.1) is 31.2 Å². The highest BCUT2D eigenvalue weighted by molar-refractivity contribution is 5.35. The Morgan fingerprint density at radius 3 is 2.53 bits per heavy atom. The molecule has 0 saturated carbocycles. The molecule has 3 aromatic rings. The molecule has 0 bridgehead atoms. The molecule has 0 aromatic carbocycles. The third-order valence-electron chi connectivity index (χ3n) is 6.62. The highest BCUT2D eigenvalue weighted by atomic mass is 16.5. The molecular formula is C23H33N9O2. The van der Waals surface area contributed by atoms with Crippen molar-refractivity contribution in [3.63, 3.8) is 0 Å². The van der Waals surface area contributed by atoms with Gasteiger partial charge in [-0.05, 0) is 31.2 Å². The van der Waals surface area contributed by atoms with Crippen LogP contribution in [-0.2, 0) is 0 Å². The zero-order valence-electron chi connectivity index (χ0n) is 20.0. The van der Waals surface area contributed by atoms with Gasteiger partial charge in [-0.25, -0.2) is 9.97 Å². The fourth-order valence-corrected chi connectivity index (χ4v) is 4.51. The Kier molecular flexibility index (Phi) is 6.36. The highest BCUT2D eigenvalue weighted by Gasteiger charge is 2.33. The van der Waals surface area contributed by atoms with Crippen LogP contribution < -0.4 is 20.3 Å². The molecule has 0 spiro atoms. The summed E-state index contributed by atoms with van der Waals surface area (Å²) in [6.45, 7) is 10.0. The van der Waals surface area contributed by atoms with Gasteiger partial charge in [0.15, 0.2) is 11.6 Å². The Bertz CT molecular complexity index is 1070. The first-order valence-electron chi connectivity index (χ1n) is 12.0. The smallest absolute Gasteiger partial charge is 0.324 e. The SMILES string of the molecule is Cc1cnn([C@H]2CN(c3ncc(OCC4CCN(c5nc(C(C)C)no5)CC4)cn3)C[C@@H]2N)c1. The number of nitrogens with zero attached hydrogens (tertiary/aromatic N) is 8. The minimum Gasteiger partial charge on any atom is -0.490 e. The minimum atomic E-state index is -0.0196. The molecule has 5 rings (SSSR count). The summed E-state index contributed by atoms with van der Waals surface area (Å²) in [5.41, 5.74) is 7.50. The van der Waals surface area contributed by atoms with Gasteiger partial charge in [-0.3, -0.25) is 4.68 Å². The fraction of sp³-hybridized carbons (Fsp3) is 0.609. The van der Waals surface area contributed by atoms with Crippen molar-refractivity contribution in [1.29, 1.82) is 0 Å². The van der Waals surface area contributed by atoms with Gasteiger partial charge < -0.3 is 24.8 Å². The summed E-state index contributed by atoms with van der Waals surface area (Å²) >= 11 is 0. The highest BCUT2D eigenvalue weighted by Crippen LogP contribution is 2.26. The quantitative estimate of drug-likeness (QED) is 0.553. The lowest BCUT2D eigenvalue weighted by Gasteiger charge is -2.30. The van der Waals surface area contributed by atoms with Gasteiger partial charge in [0.2, 0.25) is 5.95 Å². The second-order valence-electron chi connectivity index (χ2n) is 9.68. The van der Waals surface area contributed by atoms with Crippen molar-refractivity contribution in [3.8, 4) is 5.75 Å². The van der Waals surface area contributed by atoms with Crippen molar-refractivity contribution < 1.29 is 9.26 Å². The molecule has 2 N–H and O–H groups in total. The Morgan fingerprint density at radius 1 is 1.12 bits per heavy atom. The Balaban J connectivity index is 1.09. The van der Waals surface area contributed by atoms with Crippen molar-refractivity contribution >= 4 is 12.0 Å². The van der Waals surface area contributed by atoms with Crippen LogP contribution >= 0.6 is 0 Å². The number of rotatable bonds is 7. The molecule has 11 heteroatoms. The maximum absolute atomic E-state index is 6.37. The van der Waals surface area contributed by atoms with Crippen molar-refractivity contribution in [2.24, 2.45) is 11.7 Å². The predicted octanol–water partition coefficient (Wildman–Crippen LogP) is 2.17. The Morgan fingerprint density at radius 2 is 1.88 bits per heavy atom. The van der Waals surface area contributed by atoms with Crippen LogP contribution in [0.1, 0.15) is 50.0 Å². The van der Waals surface area contributed by atoms with E-state index in [1.165, 1.54) is 0 Å². The van der Waals surface area contributed by atoms with Gasteiger partial charge in [0.1, 0.15) is 0 Å². The number of anilines is 2. The zero-order chi connectivity index (χ0) is 23.7. The molecule has 2 saturated heterocycles. The lowest BCUT2D eigenvalue weighted by Crippen LogP contribution is -2.35. The summed E-state index contributed by atoms with van der Waals surface area (Å²) in [7, 11) is 0. The van der Waals surface area contributed by atoms with Crippen LogP contribution in [0.3, 0.4) is 0 Å². The first-order valence-corrected chi connectivity index (χ1v) is 12.0. The van der Waals surface area contributed by atoms with Crippen LogP contribution in [0.15, 0.2) is 29.3 Å². The van der Waals surface area contributed by atoms with Gasteiger partial charge >= 0.3 is 6.01 Å². The van der Waals surface area contributed by atoms with Crippen LogP contribution in [0.5, 0.6) is 5.75 Å². The van der Waals surface area contributed by atoms with E-state index in [1.807, 2.05) is 24.0 Å². The van der Waals surface area contributed by atoms with Crippen molar-refractivity contribution in [1.82, 2.24) is 29.9 Å². The van der Waals surface area contributed by atoms with E-state index in [-0.39, 0.29) is 18.0 Å². The van der Waals surface area contributed by atoms with Crippen molar-refractivity contribution in [2.75, 3.05) is 42.6 Å². The fourth-order valence-electron chi connectivity index (χ4n) is 4.51. The Hall–Kier alpha value is -3.21. The first-order chi connectivity index (χ1) is 16.5. The first kappa shape index (κ1) is 22.6. The molecule has 0 aliphatic carbocycles. The second-order valence-corrected chi connectivity index (χ2v) is 9.68. The summed E-state index contributed by atoms with van der Waals surface area (Å²) in [5, 5.41) is 8.49. The standard InChI is InChI=1S/C23H33N9O2/c1-15(2)21-28-23(34-29-21)30-6-4-17(5-7-30)14-33-18-9-25-22(26-10-18)31-12-19(24)20(13-31)32-11-16(3)8-27-32/h8-11,15,17,19-20H,4-7,12-14,24H2,1-3H3/t19-,20-/m0/s1. The van der Waals surface area contributed by atoms with Crippen molar-refractivity contribution in [3.05, 3.63) is 36.2 Å². The van der Waals surface area contributed by atoms with E-state index >= 15 is 0 Å². The molecule has 34 heavy (non-hydrogen) atoms. The van der Waals surface area contributed by atoms with E-state index in [0.717, 1.165) is 43.9 Å². The van der Waals surface area contributed by atoms with Crippen LogP contribution in [-0.4, -0.2) is 68.7 Å². The summed E-state index contributed by atoms with van der Waals surface area (Å²) in [6.07, 6.45) is 9.41. The van der Waals surface area contributed by atoms with Gasteiger partial charge in [0.25, 0.3) is 0 Å². The largest absolute Gasteiger partial charge is 0.490 e. The van der Waals surface area contributed by atoms with Crippen LogP contribution in [0.25, 0.3) is 0 Å². The topological polar surface area (TPSA) is 124 Å². The van der Waals surface area contributed by atoms with E-state index in [0.29, 0.717) is 36.8 Å². The maximum Gasteiger partial charge on any atom is 0.324 e. The molecule has 2 aliphatic heterocycles. The van der Waals surface area contributed by atoms with E-state index < -0.39 is 0 Å². The van der Waals surface area contributed by atoms with Gasteiger partial charge in [-0.1, -0.05) is 19.0 Å². The number of nitrogens with two attached hydrogens (primary N) is 1. The molecule has 0 radical (unpaired) electrons. The molecule has 0 unspecified atom stereocenters. The lowest BCUT2D eigenvalue weighted by molar-refractivity contribution is 0.219. The third-order valence-corrected chi connectivity index (χ3v) is 6.62. The Labute approximate surface area is 199 Å². The molecule has 5 heterocycles. The van der Waals surface area contributed by atoms with E-state index in [2.05, 4.69) is 48.9 Å². The van der Waals surface area contributed by atoms with E-state index in [9.17, 15) is 0 Å². The van der Waals surface area contributed by atoms with Gasteiger partial charge in [-0.15, -0.1) is 0 Å². The van der Waals surface area contributed by atoms with Crippen LogP contribution in [0.2, 0.25) is 0 Å². The monoisotopic (exact) mass is 467 g/mol. The van der Waals surface area contributed by atoms with E-state index in [1.54, 1.807) is 12.4 Å². The summed E-state index contributed by atoms with van der Waals surface area (Å²) in [6, 6.07) is 0.718. The molecule has 11 nitrogen and oxygen atoms in total. The summed E-state index contributed by atoms with van der Waals surface area (Å²) in [4.78, 5) is 17.8. The molecular weight excluding hydrogens is 434 g/mol. The molecule has 2 aliphatic rings. The molecule has 2 atom stereocenters. The summed E-state index contributed by atoms with van der Waals surface area (Å²) in [5.74, 6) is 2.85. The lowest BCUT2D eigenvalue weighted by atomic mass is 9.98. The second kappa shape index (κ2) is 9.57. The van der Waals surface area contributed by atoms with Gasteiger partial charge in [-0.2, -0.15) is 10.1 Å². The molecule has 182 valence electrons. The predicted molar refractivity (Wildman–Crippen MR) is 127 cm³/mol. The maximum atomic E-state index is 6.37. The average molecular weight is 468 g/mol. The number of piperidine rings is 1. The number of aryl methyl sites for hydroxylation is 1. The molecule has 0 amide bonds. The number of hydrogen-bond donors (Lipinski definition) is 1. The number of ether oxygens (including phenoxy) is 1. The zero-order valence-corrected chi connectivity index (χ0v) is 20.0. The van der Waals surface area contributed by atoms with Crippen LogP contribution in [0.4, 0.5) is 12.0 Å². The summed E-state index contributed by atoms with van der Waals surface area (Å²) < 4.78 is 13.4. The number of hydrogen-bond acceptors (Lipinski definition) is 10. The average Bonchev–Trinajstić information content (AvgIpc) is 3.58. The minimum absolute atomic E-state index is 0.0196. The third kappa shape index (κ3) is 4.84. The van der Waals surface area contributed by atoms with Crippen LogP contribution in [0, 0.1) is 12.8 Å². The molecule has 2 fully saturated rings. The van der Waals surface area contributed by atoms with Gasteiger partial charge in [0, 0.05) is 44.3 Å². The number of aromatic nitrogens is 6.